The molecule has 0 radical (unpaired) electrons. The van der Waals surface area contributed by atoms with Gasteiger partial charge in [-0.1, -0.05) is 78.9 Å². The van der Waals surface area contributed by atoms with E-state index in [9.17, 15) is 9.90 Å². The number of ether oxygens (including phenoxy) is 3. The number of aliphatic hydroxyl groups is 1. The lowest BCUT2D eigenvalue weighted by molar-refractivity contribution is -0.127. The zero-order valence-corrected chi connectivity index (χ0v) is 18.8. The van der Waals surface area contributed by atoms with Crippen molar-refractivity contribution in [1.82, 2.24) is 5.32 Å². The number of alkyl carbamates (subject to hydrolysis) is 1. The SMILES string of the molecule is COC(OC)[C@H](C[C@@H](O)c1ccccc1)NC(=O)OCC1c2ccccc2-c2ccccc21. The summed E-state index contributed by atoms with van der Waals surface area (Å²) in [5.41, 5.74) is 5.39. The maximum absolute atomic E-state index is 12.8. The van der Waals surface area contributed by atoms with Gasteiger partial charge in [-0.25, -0.2) is 4.79 Å². The normalized spacial score (nSPS) is 14.4. The van der Waals surface area contributed by atoms with E-state index in [2.05, 4.69) is 29.6 Å². The fourth-order valence-corrected chi connectivity index (χ4v) is 4.51. The second-order valence-corrected chi connectivity index (χ2v) is 8.08. The van der Waals surface area contributed by atoms with Gasteiger partial charge in [-0.2, -0.15) is 0 Å². The Balaban J connectivity index is 1.43. The minimum absolute atomic E-state index is 0.0304. The van der Waals surface area contributed by atoms with Gasteiger partial charge in [-0.05, 0) is 27.8 Å². The second-order valence-electron chi connectivity index (χ2n) is 8.08. The van der Waals surface area contributed by atoms with Gasteiger partial charge in [0.2, 0.25) is 0 Å². The van der Waals surface area contributed by atoms with Gasteiger partial charge in [0.1, 0.15) is 6.61 Å². The summed E-state index contributed by atoms with van der Waals surface area (Å²) in [4.78, 5) is 12.8. The first-order chi connectivity index (χ1) is 16.1. The number of carbonyl (C=O) groups excluding carboxylic acids is 1. The molecule has 33 heavy (non-hydrogen) atoms. The molecular formula is C27H29NO5. The molecular weight excluding hydrogens is 418 g/mol. The number of fused-ring (bicyclic) bond motifs is 3. The monoisotopic (exact) mass is 447 g/mol. The van der Waals surface area contributed by atoms with Crippen LogP contribution in [0.25, 0.3) is 11.1 Å². The Bertz CT molecular complexity index is 1020. The highest BCUT2D eigenvalue weighted by Crippen LogP contribution is 2.44. The Hall–Kier alpha value is -3.19. The summed E-state index contributed by atoms with van der Waals surface area (Å²) in [6.45, 7) is 0.207. The molecule has 0 saturated carbocycles. The number of methoxy groups -OCH3 is 2. The van der Waals surface area contributed by atoms with Crippen molar-refractivity contribution in [3.63, 3.8) is 0 Å². The van der Waals surface area contributed by atoms with E-state index in [-0.39, 0.29) is 18.9 Å². The third-order valence-electron chi connectivity index (χ3n) is 6.10. The predicted molar refractivity (Wildman–Crippen MR) is 126 cm³/mol. The summed E-state index contributed by atoms with van der Waals surface area (Å²) in [5.74, 6) is -0.0304. The fraction of sp³-hybridized carbons (Fsp3) is 0.296. The number of rotatable bonds is 9. The number of amides is 1. The highest BCUT2D eigenvalue weighted by Gasteiger charge is 2.31. The van der Waals surface area contributed by atoms with Crippen molar-refractivity contribution >= 4 is 6.09 Å². The van der Waals surface area contributed by atoms with Gasteiger partial charge in [0.15, 0.2) is 6.29 Å². The van der Waals surface area contributed by atoms with Crippen LogP contribution in [0.5, 0.6) is 0 Å². The number of nitrogens with one attached hydrogen (secondary N) is 1. The molecule has 172 valence electrons. The van der Waals surface area contributed by atoms with Crippen LogP contribution < -0.4 is 5.32 Å². The van der Waals surface area contributed by atoms with Crippen LogP contribution in [-0.2, 0) is 14.2 Å². The van der Waals surface area contributed by atoms with E-state index in [4.69, 9.17) is 14.2 Å². The van der Waals surface area contributed by atoms with Gasteiger partial charge >= 0.3 is 6.09 Å². The Morgan fingerprint density at radius 1 is 0.879 bits per heavy atom. The summed E-state index contributed by atoms with van der Waals surface area (Å²) in [7, 11) is 2.99. The molecule has 1 aliphatic carbocycles. The summed E-state index contributed by atoms with van der Waals surface area (Å²) in [6.07, 6.45) is -1.90. The molecule has 0 aromatic heterocycles. The van der Waals surface area contributed by atoms with E-state index < -0.39 is 24.5 Å². The first-order valence-corrected chi connectivity index (χ1v) is 11.0. The quantitative estimate of drug-likeness (QED) is 0.468. The van der Waals surface area contributed by atoms with E-state index in [1.807, 2.05) is 54.6 Å². The highest BCUT2D eigenvalue weighted by atomic mass is 16.7. The van der Waals surface area contributed by atoms with Crippen molar-refractivity contribution in [3.8, 4) is 11.1 Å². The number of hydrogen-bond acceptors (Lipinski definition) is 5. The third-order valence-corrected chi connectivity index (χ3v) is 6.10. The number of carbonyl (C=O) groups is 1. The molecule has 1 amide bonds. The Morgan fingerprint density at radius 3 is 2.00 bits per heavy atom. The maximum atomic E-state index is 12.8. The molecule has 3 aromatic carbocycles. The van der Waals surface area contributed by atoms with E-state index >= 15 is 0 Å². The molecule has 0 aliphatic heterocycles. The smallest absolute Gasteiger partial charge is 0.407 e. The van der Waals surface area contributed by atoms with Gasteiger partial charge in [-0.15, -0.1) is 0 Å². The molecule has 0 saturated heterocycles. The number of benzene rings is 3. The first-order valence-electron chi connectivity index (χ1n) is 11.0. The van der Waals surface area contributed by atoms with Gasteiger partial charge in [0.05, 0.1) is 12.1 Å². The van der Waals surface area contributed by atoms with Crippen molar-refractivity contribution in [2.45, 2.75) is 30.8 Å². The van der Waals surface area contributed by atoms with Crippen LogP contribution in [0, 0.1) is 0 Å². The molecule has 4 rings (SSSR count). The first kappa shape index (κ1) is 23.0. The van der Waals surface area contributed by atoms with Crippen LogP contribution in [0.15, 0.2) is 78.9 Å². The number of aliphatic hydroxyl groups excluding tert-OH is 1. The van der Waals surface area contributed by atoms with Crippen LogP contribution in [0.4, 0.5) is 4.79 Å². The van der Waals surface area contributed by atoms with E-state index in [1.54, 1.807) is 0 Å². The van der Waals surface area contributed by atoms with Crippen LogP contribution >= 0.6 is 0 Å². The van der Waals surface area contributed by atoms with Crippen molar-refractivity contribution in [1.29, 1.82) is 0 Å². The molecule has 1 aliphatic rings. The predicted octanol–water partition coefficient (Wildman–Crippen LogP) is 4.64. The minimum atomic E-state index is -0.794. The Morgan fingerprint density at radius 2 is 1.42 bits per heavy atom. The summed E-state index contributed by atoms with van der Waals surface area (Å²) >= 11 is 0. The zero-order valence-electron chi connectivity index (χ0n) is 18.8. The molecule has 0 unspecified atom stereocenters. The Labute approximate surface area is 194 Å². The average molecular weight is 448 g/mol. The Kier molecular flexibility index (Phi) is 7.40. The lowest BCUT2D eigenvalue weighted by Gasteiger charge is -2.27. The molecule has 2 N–H and O–H groups in total. The highest BCUT2D eigenvalue weighted by molar-refractivity contribution is 5.79. The van der Waals surface area contributed by atoms with Crippen molar-refractivity contribution < 1.29 is 24.1 Å². The van der Waals surface area contributed by atoms with Crippen molar-refractivity contribution in [2.24, 2.45) is 0 Å². The third kappa shape index (κ3) is 5.09. The van der Waals surface area contributed by atoms with E-state index in [0.29, 0.717) is 0 Å². The van der Waals surface area contributed by atoms with E-state index in [1.165, 1.54) is 25.3 Å². The fourth-order valence-electron chi connectivity index (χ4n) is 4.51. The topological polar surface area (TPSA) is 77.0 Å². The zero-order chi connectivity index (χ0) is 23.2. The molecule has 6 nitrogen and oxygen atoms in total. The summed E-state index contributed by atoms with van der Waals surface area (Å²) in [6, 6.07) is 25.0. The lowest BCUT2D eigenvalue weighted by Crippen LogP contribution is -2.46. The van der Waals surface area contributed by atoms with Crippen LogP contribution in [0.1, 0.15) is 35.1 Å². The molecule has 3 aromatic rings. The van der Waals surface area contributed by atoms with Crippen molar-refractivity contribution in [2.75, 3.05) is 20.8 Å². The van der Waals surface area contributed by atoms with E-state index in [0.717, 1.165) is 16.7 Å². The second kappa shape index (κ2) is 10.6. The average Bonchev–Trinajstić information content (AvgIpc) is 3.17. The minimum Gasteiger partial charge on any atom is -0.449 e. The standard InChI is InChI=1S/C27H29NO5/c1-31-26(32-2)24(16-25(29)18-10-4-3-5-11-18)28-27(30)33-17-23-21-14-8-6-12-19(21)20-13-7-9-15-22(20)23/h3-15,23-26,29H,16-17H2,1-2H3,(H,28,30)/t24-,25+/m0/s1. The van der Waals surface area contributed by atoms with Gasteiger partial charge in [0.25, 0.3) is 0 Å². The van der Waals surface area contributed by atoms with Crippen LogP contribution in [0.2, 0.25) is 0 Å². The summed E-state index contributed by atoms with van der Waals surface area (Å²) in [5, 5.41) is 13.5. The molecule has 2 atom stereocenters. The largest absolute Gasteiger partial charge is 0.449 e. The van der Waals surface area contributed by atoms with Gasteiger partial charge < -0.3 is 24.6 Å². The van der Waals surface area contributed by atoms with Crippen LogP contribution in [-0.4, -0.2) is 44.4 Å². The van der Waals surface area contributed by atoms with Gasteiger partial charge in [-0.3, -0.25) is 0 Å². The summed E-state index contributed by atoms with van der Waals surface area (Å²) < 4.78 is 16.4. The van der Waals surface area contributed by atoms with Gasteiger partial charge in [0, 0.05) is 26.6 Å². The van der Waals surface area contributed by atoms with Crippen molar-refractivity contribution in [3.05, 3.63) is 95.6 Å². The molecule has 0 spiro atoms. The van der Waals surface area contributed by atoms with Crippen LogP contribution in [0.3, 0.4) is 0 Å². The molecule has 0 heterocycles. The molecule has 0 fully saturated rings. The molecule has 0 bridgehead atoms. The maximum Gasteiger partial charge on any atom is 0.407 e. The lowest BCUT2D eigenvalue weighted by atomic mass is 9.98. The number of hydrogen-bond donors (Lipinski definition) is 2. The molecule has 6 heteroatoms.